The van der Waals surface area contributed by atoms with E-state index >= 15 is 0 Å². The Balaban J connectivity index is 5.52. The van der Waals surface area contributed by atoms with Crippen molar-refractivity contribution in [2.24, 2.45) is 11.5 Å². The molecule has 0 aromatic rings. The molecule has 5 unspecified atom stereocenters. The molecule has 0 spiro atoms. The van der Waals surface area contributed by atoms with Gasteiger partial charge in [-0.2, -0.15) is 0 Å². The van der Waals surface area contributed by atoms with Gasteiger partial charge in [-0.25, -0.2) is 4.79 Å². The zero-order valence-corrected chi connectivity index (χ0v) is 18.2. The van der Waals surface area contributed by atoms with Gasteiger partial charge >= 0.3 is 17.9 Å². The fourth-order valence-electron chi connectivity index (χ4n) is 2.56. The van der Waals surface area contributed by atoms with Crippen molar-refractivity contribution in [3.8, 4) is 0 Å². The number of nitrogens with two attached hydrogens (primary N) is 2. The van der Waals surface area contributed by atoms with Crippen LogP contribution >= 0.6 is 0 Å². The van der Waals surface area contributed by atoms with Gasteiger partial charge in [0, 0.05) is 12.8 Å². The van der Waals surface area contributed by atoms with Crippen molar-refractivity contribution in [2.45, 2.75) is 69.3 Å². The third-order valence-corrected chi connectivity index (χ3v) is 4.37. The molecular formula is C18H29N5O11. The predicted molar refractivity (Wildman–Crippen MR) is 111 cm³/mol. The first kappa shape index (κ1) is 30.2. The van der Waals surface area contributed by atoms with E-state index in [2.05, 4.69) is 10.6 Å². The Morgan fingerprint density at radius 2 is 1.29 bits per heavy atom. The lowest BCUT2D eigenvalue weighted by Crippen LogP contribution is -2.60. The molecular weight excluding hydrogens is 462 g/mol. The van der Waals surface area contributed by atoms with Crippen LogP contribution < -0.4 is 27.4 Å². The average Bonchev–Trinajstić information content (AvgIpc) is 2.70. The fraction of sp³-hybridized carbons (Fsp3) is 0.611. The molecule has 0 radical (unpaired) electrons. The van der Waals surface area contributed by atoms with Crippen molar-refractivity contribution >= 4 is 41.5 Å². The average molecular weight is 491 g/mol. The minimum atomic E-state index is -1.70. The van der Waals surface area contributed by atoms with Crippen LogP contribution in [0.3, 0.4) is 0 Å². The highest BCUT2D eigenvalue weighted by Crippen LogP contribution is 2.05. The monoisotopic (exact) mass is 491 g/mol. The van der Waals surface area contributed by atoms with Gasteiger partial charge in [0.25, 0.3) is 0 Å². The molecule has 0 aliphatic rings. The highest BCUT2D eigenvalue weighted by Gasteiger charge is 2.33. The molecule has 11 N–H and O–H groups in total. The number of aliphatic hydroxyl groups is 1. The molecule has 0 aliphatic heterocycles. The molecule has 34 heavy (non-hydrogen) atoms. The van der Waals surface area contributed by atoms with Crippen LogP contribution in [-0.2, 0) is 33.6 Å². The summed E-state index contributed by atoms with van der Waals surface area (Å²) in [7, 11) is 0. The first-order valence-corrected chi connectivity index (χ1v) is 9.95. The van der Waals surface area contributed by atoms with Gasteiger partial charge in [-0.1, -0.05) is 0 Å². The van der Waals surface area contributed by atoms with Crippen LogP contribution in [0.2, 0.25) is 0 Å². The van der Waals surface area contributed by atoms with Crippen LogP contribution in [0.25, 0.3) is 0 Å². The standard InChI is InChI=1S/C18H29N5O11/c1-7(24)14(23-15(30)8(19)6-13(28)29)17(32)21-9(2-4-11(20)25)16(31)22-10(18(33)34)3-5-12(26)27/h7-10,14,24H,2-6,19H2,1H3,(H2,20,25)(H,21,32)(H,22,31)(H,23,30)(H,26,27)(H,28,29)(H,33,34). The normalized spacial score (nSPS) is 15.0. The number of carboxylic acids is 3. The smallest absolute Gasteiger partial charge is 0.326 e. The van der Waals surface area contributed by atoms with Crippen molar-refractivity contribution in [2.75, 3.05) is 0 Å². The Bertz CT molecular complexity index is 801. The van der Waals surface area contributed by atoms with E-state index in [9.17, 15) is 43.8 Å². The van der Waals surface area contributed by atoms with Crippen LogP contribution in [0.15, 0.2) is 0 Å². The lowest BCUT2D eigenvalue weighted by Gasteiger charge is -2.26. The second kappa shape index (κ2) is 14.4. The summed E-state index contributed by atoms with van der Waals surface area (Å²) < 4.78 is 0. The molecule has 16 heteroatoms. The quantitative estimate of drug-likeness (QED) is 0.0993. The van der Waals surface area contributed by atoms with Gasteiger partial charge < -0.3 is 47.8 Å². The summed E-state index contributed by atoms with van der Waals surface area (Å²) in [5, 5.41) is 42.7. The van der Waals surface area contributed by atoms with Crippen LogP contribution in [-0.4, -0.2) is 92.2 Å². The van der Waals surface area contributed by atoms with Crippen LogP contribution in [0.1, 0.15) is 39.0 Å². The van der Waals surface area contributed by atoms with Gasteiger partial charge in [0.15, 0.2) is 0 Å². The third kappa shape index (κ3) is 11.7. The van der Waals surface area contributed by atoms with E-state index in [0.29, 0.717) is 0 Å². The largest absolute Gasteiger partial charge is 0.481 e. The summed E-state index contributed by atoms with van der Waals surface area (Å²) in [5.74, 6) is -8.40. The summed E-state index contributed by atoms with van der Waals surface area (Å²) in [4.78, 5) is 81.1. The molecule has 5 atom stereocenters. The molecule has 0 saturated carbocycles. The molecule has 0 aliphatic carbocycles. The zero-order valence-electron chi connectivity index (χ0n) is 18.2. The Morgan fingerprint density at radius 3 is 1.74 bits per heavy atom. The predicted octanol–water partition coefficient (Wildman–Crippen LogP) is -4.16. The molecule has 0 heterocycles. The summed E-state index contributed by atoms with van der Waals surface area (Å²) in [5.41, 5.74) is 10.5. The van der Waals surface area contributed by atoms with Gasteiger partial charge in [-0.15, -0.1) is 0 Å². The first-order chi connectivity index (χ1) is 15.6. The van der Waals surface area contributed by atoms with E-state index < -0.39 is 104 Å². The van der Waals surface area contributed by atoms with E-state index in [-0.39, 0.29) is 0 Å². The number of rotatable bonds is 16. The van der Waals surface area contributed by atoms with E-state index in [1.165, 1.54) is 0 Å². The number of carbonyl (C=O) groups is 7. The van der Waals surface area contributed by atoms with Gasteiger partial charge in [0.2, 0.25) is 23.6 Å². The minimum Gasteiger partial charge on any atom is -0.481 e. The summed E-state index contributed by atoms with van der Waals surface area (Å²) in [6, 6.07) is -6.43. The maximum absolute atomic E-state index is 12.6. The minimum absolute atomic E-state index is 0.392. The second-order valence-electron chi connectivity index (χ2n) is 7.33. The molecule has 0 rings (SSSR count). The maximum atomic E-state index is 12.6. The molecule has 16 nitrogen and oxygen atoms in total. The molecule has 192 valence electrons. The second-order valence-corrected chi connectivity index (χ2v) is 7.33. The number of carbonyl (C=O) groups excluding carboxylic acids is 4. The first-order valence-electron chi connectivity index (χ1n) is 9.95. The number of carboxylic acid groups (broad SMARTS) is 3. The summed E-state index contributed by atoms with van der Waals surface area (Å²) >= 11 is 0. The summed E-state index contributed by atoms with van der Waals surface area (Å²) in [6.45, 7) is 1.11. The van der Waals surface area contributed by atoms with E-state index in [1.54, 1.807) is 0 Å². The Hall–Kier alpha value is -3.79. The van der Waals surface area contributed by atoms with Gasteiger partial charge in [-0.3, -0.25) is 28.8 Å². The Morgan fingerprint density at radius 1 is 0.765 bits per heavy atom. The van der Waals surface area contributed by atoms with Gasteiger partial charge in [0.05, 0.1) is 18.6 Å². The van der Waals surface area contributed by atoms with Gasteiger partial charge in [0.1, 0.15) is 18.1 Å². The maximum Gasteiger partial charge on any atom is 0.326 e. The Kier molecular flexibility index (Phi) is 12.8. The van der Waals surface area contributed by atoms with E-state index in [4.69, 9.17) is 21.7 Å². The fourth-order valence-corrected chi connectivity index (χ4v) is 2.56. The molecule has 0 aromatic carbocycles. The molecule has 0 aromatic heterocycles. The molecule has 0 saturated heterocycles. The lowest BCUT2D eigenvalue weighted by molar-refractivity contribution is -0.143. The number of hydrogen-bond acceptors (Lipinski definition) is 9. The van der Waals surface area contributed by atoms with Crippen molar-refractivity contribution in [3.63, 3.8) is 0 Å². The number of nitrogens with one attached hydrogen (secondary N) is 3. The molecule has 0 bridgehead atoms. The zero-order chi connectivity index (χ0) is 26.6. The summed E-state index contributed by atoms with van der Waals surface area (Å²) in [6.07, 6.45) is -4.17. The molecule has 4 amide bonds. The van der Waals surface area contributed by atoms with Crippen molar-refractivity contribution < 1.29 is 54.0 Å². The van der Waals surface area contributed by atoms with E-state index in [1.807, 2.05) is 5.32 Å². The molecule has 0 fully saturated rings. The highest BCUT2D eigenvalue weighted by atomic mass is 16.4. The van der Waals surface area contributed by atoms with Gasteiger partial charge in [-0.05, 0) is 19.8 Å². The SMILES string of the molecule is CC(O)C(NC(=O)C(N)CC(=O)O)C(=O)NC(CCC(N)=O)C(=O)NC(CCC(=O)O)C(=O)O. The number of amides is 4. The Labute approximate surface area is 193 Å². The van der Waals surface area contributed by atoms with Crippen LogP contribution in [0, 0.1) is 0 Å². The number of aliphatic hydroxyl groups excluding tert-OH is 1. The van der Waals surface area contributed by atoms with Crippen molar-refractivity contribution in [3.05, 3.63) is 0 Å². The van der Waals surface area contributed by atoms with E-state index in [0.717, 1.165) is 6.92 Å². The van der Waals surface area contributed by atoms with Crippen molar-refractivity contribution in [1.82, 2.24) is 16.0 Å². The third-order valence-electron chi connectivity index (χ3n) is 4.37. The van der Waals surface area contributed by atoms with Crippen LogP contribution in [0.5, 0.6) is 0 Å². The topological polar surface area (TPSA) is 289 Å². The lowest BCUT2D eigenvalue weighted by atomic mass is 10.1. The van der Waals surface area contributed by atoms with Crippen LogP contribution in [0.4, 0.5) is 0 Å². The number of hydrogen-bond donors (Lipinski definition) is 9. The number of primary amides is 1. The number of aliphatic carboxylic acids is 3. The highest BCUT2D eigenvalue weighted by molar-refractivity contribution is 5.95. The van der Waals surface area contributed by atoms with Crippen molar-refractivity contribution in [1.29, 1.82) is 0 Å².